The normalized spacial score (nSPS) is 25.1. The largest absolute Gasteiger partial charge is 0.375 e. The van der Waals surface area contributed by atoms with Crippen molar-refractivity contribution < 1.29 is 14.3 Å². The lowest BCUT2D eigenvalue weighted by molar-refractivity contribution is -0.117. The molecule has 140 valence electrons. The number of hydrogen-bond acceptors (Lipinski definition) is 3. The van der Waals surface area contributed by atoms with Crippen LogP contribution in [0.2, 0.25) is 5.02 Å². The average Bonchev–Trinajstić information content (AvgIpc) is 3.23. The second-order valence-corrected chi connectivity index (χ2v) is 7.89. The third kappa shape index (κ3) is 3.53. The van der Waals surface area contributed by atoms with Crippen LogP contribution in [0.15, 0.2) is 24.3 Å². The topological polar surface area (TPSA) is 61.9 Å². The summed E-state index contributed by atoms with van der Waals surface area (Å²) < 4.78 is 5.91. The molecule has 7 heteroatoms. The number of rotatable bonds is 2. The average molecular weight is 378 g/mol. The zero-order chi connectivity index (χ0) is 18.1. The van der Waals surface area contributed by atoms with Crippen LogP contribution in [0.5, 0.6) is 0 Å². The Hall–Kier alpha value is -1.79. The second-order valence-electron chi connectivity index (χ2n) is 7.45. The van der Waals surface area contributed by atoms with Gasteiger partial charge in [-0.3, -0.25) is 4.79 Å². The summed E-state index contributed by atoms with van der Waals surface area (Å²) in [6, 6.07) is 6.96. The third-order valence-electron chi connectivity index (χ3n) is 5.74. The third-order valence-corrected chi connectivity index (χ3v) is 5.99. The number of nitrogens with one attached hydrogen (secondary N) is 1. The Balaban J connectivity index is 1.31. The lowest BCUT2D eigenvalue weighted by atomic mass is 9.89. The highest BCUT2D eigenvalue weighted by molar-refractivity contribution is 6.30. The van der Waals surface area contributed by atoms with Gasteiger partial charge in [0, 0.05) is 43.4 Å². The number of ether oxygens (including phenoxy) is 1. The molecule has 4 rings (SSSR count). The highest BCUT2D eigenvalue weighted by atomic mass is 35.5. The maximum Gasteiger partial charge on any atom is 0.317 e. The molecule has 1 aromatic carbocycles. The summed E-state index contributed by atoms with van der Waals surface area (Å²) in [6.07, 6.45) is 4.36. The van der Waals surface area contributed by atoms with Gasteiger partial charge in [0.25, 0.3) is 0 Å². The molecule has 0 bridgehead atoms. The van der Waals surface area contributed by atoms with Crippen molar-refractivity contribution in [1.29, 1.82) is 0 Å². The van der Waals surface area contributed by atoms with E-state index in [-0.39, 0.29) is 23.6 Å². The first-order valence-corrected chi connectivity index (χ1v) is 9.68. The number of nitrogens with zero attached hydrogens (tertiary/aromatic N) is 2. The standard InChI is InChI=1S/C19H24ClN3O3/c20-14-2-4-16(5-3-14)23-13-15(12-17(23)24)21-18(25)22-9-7-19(8-10-22)6-1-11-26-19/h2-5,15H,1,6-13H2,(H,21,25). The van der Waals surface area contributed by atoms with E-state index >= 15 is 0 Å². The summed E-state index contributed by atoms with van der Waals surface area (Å²) in [7, 11) is 0. The van der Waals surface area contributed by atoms with Crippen molar-refractivity contribution in [3.63, 3.8) is 0 Å². The van der Waals surface area contributed by atoms with Gasteiger partial charge in [0.1, 0.15) is 0 Å². The van der Waals surface area contributed by atoms with Crippen molar-refractivity contribution >= 4 is 29.2 Å². The Kier molecular flexibility index (Phi) is 4.80. The summed E-state index contributed by atoms with van der Waals surface area (Å²) in [4.78, 5) is 28.4. The van der Waals surface area contributed by atoms with Gasteiger partial charge in [-0.2, -0.15) is 0 Å². The molecule has 0 aromatic heterocycles. The number of amides is 3. The highest BCUT2D eigenvalue weighted by Gasteiger charge is 2.40. The molecule has 3 amide bonds. The predicted molar refractivity (Wildman–Crippen MR) is 99.5 cm³/mol. The van der Waals surface area contributed by atoms with Crippen LogP contribution in [0.3, 0.4) is 0 Å². The summed E-state index contributed by atoms with van der Waals surface area (Å²) >= 11 is 5.91. The number of carbonyl (C=O) groups excluding carboxylic acids is 2. The summed E-state index contributed by atoms with van der Waals surface area (Å²) in [5.74, 6) is 0.0228. The van der Waals surface area contributed by atoms with Crippen molar-refractivity contribution in [2.24, 2.45) is 0 Å². The van der Waals surface area contributed by atoms with Crippen molar-refractivity contribution in [1.82, 2.24) is 10.2 Å². The molecule has 3 aliphatic heterocycles. The van der Waals surface area contributed by atoms with Crippen LogP contribution in [-0.2, 0) is 9.53 Å². The lowest BCUT2D eigenvalue weighted by Gasteiger charge is -2.38. The van der Waals surface area contributed by atoms with E-state index in [0.29, 0.717) is 31.1 Å². The summed E-state index contributed by atoms with van der Waals surface area (Å²) in [6.45, 7) is 2.77. The number of anilines is 1. The molecule has 1 aromatic rings. The first-order chi connectivity index (χ1) is 12.5. The molecule has 3 fully saturated rings. The van der Waals surface area contributed by atoms with Crippen molar-refractivity contribution in [2.75, 3.05) is 31.1 Å². The van der Waals surface area contributed by atoms with Gasteiger partial charge < -0.3 is 19.9 Å². The van der Waals surface area contributed by atoms with Gasteiger partial charge in [0.2, 0.25) is 5.91 Å². The quantitative estimate of drug-likeness (QED) is 0.862. The Bertz CT molecular complexity index is 678. The first kappa shape index (κ1) is 17.6. The maximum absolute atomic E-state index is 12.6. The van der Waals surface area contributed by atoms with Gasteiger partial charge in [0.05, 0.1) is 11.6 Å². The van der Waals surface area contributed by atoms with E-state index in [4.69, 9.17) is 16.3 Å². The van der Waals surface area contributed by atoms with Gasteiger partial charge in [-0.25, -0.2) is 4.79 Å². The molecule has 0 aliphatic carbocycles. The van der Waals surface area contributed by atoms with Crippen molar-refractivity contribution in [3.8, 4) is 0 Å². The van der Waals surface area contributed by atoms with Crippen molar-refractivity contribution in [3.05, 3.63) is 29.3 Å². The van der Waals surface area contributed by atoms with Crippen LogP contribution in [0.4, 0.5) is 10.5 Å². The summed E-state index contributed by atoms with van der Waals surface area (Å²) in [5.41, 5.74) is 0.820. The van der Waals surface area contributed by atoms with Crippen molar-refractivity contribution in [2.45, 2.75) is 43.7 Å². The minimum Gasteiger partial charge on any atom is -0.375 e. The van der Waals surface area contributed by atoms with Crippen LogP contribution in [0, 0.1) is 0 Å². The number of carbonyl (C=O) groups is 2. The molecule has 0 radical (unpaired) electrons. The van der Waals surface area contributed by atoms with Gasteiger partial charge >= 0.3 is 6.03 Å². The minimum atomic E-state index is -0.163. The molecular formula is C19H24ClN3O3. The first-order valence-electron chi connectivity index (χ1n) is 9.30. The van der Waals surface area contributed by atoms with Gasteiger partial charge in [-0.05, 0) is 49.9 Å². The van der Waals surface area contributed by atoms with Gasteiger partial charge in [0.15, 0.2) is 0 Å². The number of halogens is 1. The molecule has 1 atom stereocenters. The van der Waals surface area contributed by atoms with E-state index in [1.165, 1.54) is 0 Å². The number of urea groups is 1. The van der Waals surface area contributed by atoms with Crippen LogP contribution in [0.1, 0.15) is 32.1 Å². The van der Waals surface area contributed by atoms with Crippen LogP contribution in [-0.4, -0.2) is 54.7 Å². The van der Waals surface area contributed by atoms with E-state index in [0.717, 1.165) is 38.0 Å². The molecule has 1 unspecified atom stereocenters. The Morgan fingerprint density at radius 2 is 1.92 bits per heavy atom. The number of piperidine rings is 1. The Morgan fingerprint density at radius 3 is 2.58 bits per heavy atom. The molecule has 1 spiro atoms. The SMILES string of the molecule is O=C(NC1CC(=O)N(c2ccc(Cl)cc2)C1)N1CCC2(CCCO2)CC1. The molecule has 0 saturated carbocycles. The Morgan fingerprint density at radius 1 is 1.19 bits per heavy atom. The zero-order valence-electron chi connectivity index (χ0n) is 14.7. The van der Waals surface area contributed by atoms with E-state index in [2.05, 4.69) is 5.32 Å². The molecule has 1 N–H and O–H groups in total. The fourth-order valence-corrected chi connectivity index (χ4v) is 4.33. The van der Waals surface area contributed by atoms with E-state index in [1.54, 1.807) is 17.0 Å². The molecular weight excluding hydrogens is 354 g/mol. The second kappa shape index (κ2) is 7.08. The molecule has 3 heterocycles. The zero-order valence-corrected chi connectivity index (χ0v) is 15.5. The number of hydrogen-bond donors (Lipinski definition) is 1. The van der Waals surface area contributed by atoms with Gasteiger partial charge in [-0.15, -0.1) is 0 Å². The van der Waals surface area contributed by atoms with E-state index in [1.807, 2.05) is 17.0 Å². The van der Waals surface area contributed by atoms with E-state index in [9.17, 15) is 9.59 Å². The smallest absolute Gasteiger partial charge is 0.317 e. The minimum absolute atomic E-state index is 0.00544. The fraction of sp³-hybridized carbons (Fsp3) is 0.579. The molecule has 3 saturated heterocycles. The molecule has 3 aliphatic rings. The number of likely N-dealkylation sites (tertiary alicyclic amines) is 1. The van der Waals surface area contributed by atoms with Crippen LogP contribution < -0.4 is 10.2 Å². The summed E-state index contributed by atoms with van der Waals surface area (Å²) in [5, 5.41) is 3.67. The monoisotopic (exact) mass is 377 g/mol. The maximum atomic E-state index is 12.6. The van der Waals surface area contributed by atoms with E-state index < -0.39 is 0 Å². The Labute approximate surface area is 158 Å². The number of benzene rings is 1. The highest BCUT2D eigenvalue weighted by Crippen LogP contribution is 2.35. The molecule has 6 nitrogen and oxygen atoms in total. The fourth-order valence-electron chi connectivity index (χ4n) is 4.21. The molecule has 26 heavy (non-hydrogen) atoms. The lowest BCUT2D eigenvalue weighted by Crippen LogP contribution is -2.52. The van der Waals surface area contributed by atoms with Crippen LogP contribution in [0.25, 0.3) is 0 Å². The van der Waals surface area contributed by atoms with Gasteiger partial charge in [-0.1, -0.05) is 11.6 Å². The van der Waals surface area contributed by atoms with Crippen LogP contribution >= 0.6 is 11.6 Å². The predicted octanol–water partition coefficient (Wildman–Crippen LogP) is 2.80.